The number of guanidine groups is 1. The van der Waals surface area contributed by atoms with Gasteiger partial charge in [0.15, 0.2) is 12.2 Å². The number of nitrogens with zero attached hydrogens (tertiary/aromatic N) is 5. The van der Waals surface area contributed by atoms with E-state index in [-0.39, 0.29) is 19.0 Å². The van der Waals surface area contributed by atoms with Crippen LogP contribution in [0.3, 0.4) is 0 Å². The Hall–Kier alpha value is -3.36. The summed E-state index contributed by atoms with van der Waals surface area (Å²) in [6.07, 6.45) is 1.04. The lowest BCUT2D eigenvalue weighted by Crippen LogP contribution is -2.63. The molecule has 0 saturated carbocycles. The number of aliphatic carboxylic acids is 1. The number of rotatable bonds is 4. The van der Waals surface area contributed by atoms with Gasteiger partial charge in [-0.3, -0.25) is 14.5 Å². The van der Waals surface area contributed by atoms with Crippen LogP contribution in [-0.2, 0) is 16.1 Å². The van der Waals surface area contributed by atoms with Crippen molar-refractivity contribution in [3.05, 3.63) is 47.8 Å². The highest BCUT2D eigenvalue weighted by molar-refractivity contribution is 6.05. The molecule has 1 aromatic carbocycles. The molecule has 0 bridgehead atoms. The summed E-state index contributed by atoms with van der Waals surface area (Å²) in [4.78, 5) is 47.4. The fraction of sp³-hybridized carbons (Fsp3) is 0.333. The number of aliphatic imine (C=N–C) groups is 1. The number of hydrogen-bond acceptors (Lipinski definition) is 6. The summed E-state index contributed by atoms with van der Waals surface area (Å²) in [6.45, 7) is 1.69. The molecule has 3 amide bonds. The van der Waals surface area contributed by atoms with Crippen LogP contribution in [0.1, 0.15) is 12.5 Å². The van der Waals surface area contributed by atoms with Crippen molar-refractivity contribution in [1.29, 1.82) is 0 Å². The molecule has 3 heterocycles. The number of carboxylic acids is 1. The number of carboxylic acid groups (broad SMARTS) is 1. The summed E-state index contributed by atoms with van der Waals surface area (Å²) < 4.78 is 0. The van der Waals surface area contributed by atoms with Crippen molar-refractivity contribution >= 4 is 23.9 Å². The molecule has 140 valence electrons. The predicted octanol–water partition coefficient (Wildman–Crippen LogP) is 0.708. The third-order valence-electron chi connectivity index (χ3n) is 4.98. The first-order chi connectivity index (χ1) is 12.9. The first-order valence-electron chi connectivity index (χ1n) is 8.54. The van der Waals surface area contributed by atoms with Gasteiger partial charge >= 0.3 is 12.0 Å². The van der Waals surface area contributed by atoms with Crippen LogP contribution >= 0.6 is 0 Å². The molecule has 1 N–H and O–H groups in total. The molecule has 9 nitrogen and oxygen atoms in total. The van der Waals surface area contributed by atoms with E-state index in [1.54, 1.807) is 25.1 Å². The van der Waals surface area contributed by atoms with Gasteiger partial charge in [-0.25, -0.2) is 9.79 Å². The normalized spacial score (nSPS) is 24.1. The van der Waals surface area contributed by atoms with Gasteiger partial charge < -0.3 is 19.8 Å². The third kappa shape index (κ3) is 2.62. The Morgan fingerprint density at radius 1 is 1.19 bits per heavy atom. The summed E-state index contributed by atoms with van der Waals surface area (Å²) in [7, 11) is 1.61. The van der Waals surface area contributed by atoms with Crippen molar-refractivity contribution in [3.8, 4) is 0 Å². The van der Waals surface area contributed by atoms with Gasteiger partial charge in [0.25, 0.3) is 5.91 Å². The Labute approximate surface area is 155 Å². The van der Waals surface area contributed by atoms with Gasteiger partial charge in [0.2, 0.25) is 5.96 Å². The highest BCUT2D eigenvalue weighted by atomic mass is 16.4. The highest BCUT2D eigenvalue weighted by Gasteiger charge is 2.54. The number of allylic oxidation sites excluding steroid dienone is 1. The second-order valence-corrected chi connectivity index (χ2v) is 6.75. The zero-order valence-electron chi connectivity index (χ0n) is 14.9. The van der Waals surface area contributed by atoms with E-state index in [4.69, 9.17) is 5.11 Å². The molecule has 0 aromatic heterocycles. The largest absolute Gasteiger partial charge is 0.480 e. The number of amides is 3. The number of likely N-dealkylation sites (N-methyl/N-ethyl adjacent to an activating group) is 1. The summed E-state index contributed by atoms with van der Waals surface area (Å²) in [5.74, 6) is -0.949. The zero-order chi connectivity index (χ0) is 19.3. The Kier molecular flexibility index (Phi) is 3.87. The Morgan fingerprint density at radius 3 is 2.56 bits per heavy atom. The van der Waals surface area contributed by atoms with Crippen molar-refractivity contribution < 1.29 is 19.5 Å². The molecule has 0 aliphatic carbocycles. The molecule has 3 aliphatic rings. The van der Waals surface area contributed by atoms with Crippen LogP contribution in [0, 0.1) is 0 Å². The second-order valence-electron chi connectivity index (χ2n) is 6.75. The maximum atomic E-state index is 13.1. The number of carbonyl (C=O) groups is 3. The van der Waals surface area contributed by atoms with Gasteiger partial charge in [-0.1, -0.05) is 30.3 Å². The lowest BCUT2D eigenvalue weighted by Gasteiger charge is -2.40. The average Bonchev–Trinajstić information content (AvgIpc) is 3.14. The molecule has 27 heavy (non-hydrogen) atoms. The van der Waals surface area contributed by atoms with Gasteiger partial charge in [-0.05, 0) is 12.5 Å². The summed E-state index contributed by atoms with van der Waals surface area (Å²) >= 11 is 0. The van der Waals surface area contributed by atoms with Crippen molar-refractivity contribution in [2.75, 3.05) is 13.6 Å². The maximum absolute atomic E-state index is 13.1. The van der Waals surface area contributed by atoms with Gasteiger partial charge in [-0.2, -0.15) is 0 Å². The first kappa shape index (κ1) is 17.1. The van der Waals surface area contributed by atoms with E-state index in [1.165, 1.54) is 14.7 Å². The Morgan fingerprint density at radius 2 is 1.89 bits per heavy atom. The van der Waals surface area contributed by atoms with Crippen LogP contribution in [0.4, 0.5) is 4.79 Å². The summed E-state index contributed by atoms with van der Waals surface area (Å²) in [5, 5.41) is 9.14. The van der Waals surface area contributed by atoms with E-state index in [9.17, 15) is 14.4 Å². The first-order valence-corrected chi connectivity index (χ1v) is 8.54. The van der Waals surface area contributed by atoms with Crippen LogP contribution in [0.2, 0.25) is 0 Å². The Bertz CT molecular complexity index is 881. The molecular formula is C18H19N5O4. The molecule has 9 heteroatoms. The lowest BCUT2D eigenvalue weighted by atomic mass is 10.1. The van der Waals surface area contributed by atoms with Gasteiger partial charge in [0.1, 0.15) is 6.54 Å². The second kappa shape index (κ2) is 6.11. The van der Waals surface area contributed by atoms with E-state index in [2.05, 4.69) is 4.99 Å². The molecule has 1 aromatic rings. The maximum Gasteiger partial charge on any atom is 0.328 e. The van der Waals surface area contributed by atoms with E-state index >= 15 is 0 Å². The number of urea groups is 1. The average molecular weight is 369 g/mol. The number of hydrogen-bond donors (Lipinski definition) is 1. The smallest absolute Gasteiger partial charge is 0.328 e. The highest BCUT2D eigenvalue weighted by Crippen LogP contribution is 2.34. The van der Waals surface area contributed by atoms with E-state index < -0.39 is 24.2 Å². The van der Waals surface area contributed by atoms with E-state index in [0.29, 0.717) is 11.7 Å². The molecular weight excluding hydrogens is 350 g/mol. The molecule has 0 spiro atoms. The van der Waals surface area contributed by atoms with Crippen LogP contribution in [0.5, 0.6) is 0 Å². The minimum absolute atomic E-state index is 0.177. The quantitative estimate of drug-likeness (QED) is 0.840. The van der Waals surface area contributed by atoms with Crippen molar-refractivity contribution in [2.24, 2.45) is 4.99 Å². The molecule has 1 fully saturated rings. The molecule has 1 saturated heterocycles. The van der Waals surface area contributed by atoms with E-state index in [1.807, 2.05) is 30.3 Å². The summed E-state index contributed by atoms with van der Waals surface area (Å²) in [5.41, 5.74) is 1.54. The van der Waals surface area contributed by atoms with Gasteiger partial charge in [0.05, 0.1) is 6.54 Å². The summed E-state index contributed by atoms with van der Waals surface area (Å²) in [6, 6.07) is 8.19. The topological polar surface area (TPSA) is 96.8 Å². The van der Waals surface area contributed by atoms with Crippen LogP contribution < -0.4 is 0 Å². The molecule has 2 unspecified atom stereocenters. The SMILES string of the molecule is CC1=CN2C(=NC3C2C(=O)N(Cc2ccccc2)C(=O)N3C)N1CC(=O)O. The van der Waals surface area contributed by atoms with Crippen LogP contribution in [0.25, 0.3) is 0 Å². The fourth-order valence-electron chi connectivity index (χ4n) is 3.64. The fourth-order valence-corrected chi connectivity index (χ4v) is 3.64. The van der Waals surface area contributed by atoms with Crippen LogP contribution in [0.15, 0.2) is 47.2 Å². The standard InChI is InChI=1S/C18H19N5O4/c1-11-8-22-14-15(19-17(22)21(11)10-13(24)25)20(2)18(27)23(16(14)26)9-12-6-4-3-5-7-12/h3-8,14-15H,9-10H2,1-2H3,(H,24,25). The van der Waals surface area contributed by atoms with Crippen LogP contribution in [-0.4, -0.2) is 74.4 Å². The molecule has 0 radical (unpaired) electrons. The van der Waals surface area contributed by atoms with Gasteiger partial charge in [0, 0.05) is 18.9 Å². The predicted molar refractivity (Wildman–Crippen MR) is 95.1 cm³/mol. The Balaban J connectivity index is 1.64. The van der Waals surface area contributed by atoms with E-state index in [0.717, 1.165) is 5.56 Å². The minimum atomic E-state index is -0.997. The van der Waals surface area contributed by atoms with Crippen molar-refractivity contribution in [1.82, 2.24) is 19.6 Å². The van der Waals surface area contributed by atoms with Gasteiger partial charge in [-0.15, -0.1) is 0 Å². The minimum Gasteiger partial charge on any atom is -0.480 e. The lowest BCUT2D eigenvalue weighted by molar-refractivity contribution is -0.137. The third-order valence-corrected chi connectivity index (χ3v) is 4.98. The number of imide groups is 1. The number of benzene rings is 1. The number of fused-ring (bicyclic) bond motifs is 3. The zero-order valence-corrected chi connectivity index (χ0v) is 14.9. The molecule has 4 rings (SSSR count). The molecule has 3 aliphatic heterocycles. The molecule has 2 atom stereocenters. The van der Waals surface area contributed by atoms with Crippen molar-refractivity contribution in [3.63, 3.8) is 0 Å². The monoisotopic (exact) mass is 369 g/mol. The van der Waals surface area contributed by atoms with Crippen molar-refractivity contribution in [2.45, 2.75) is 25.7 Å². The number of carbonyl (C=O) groups excluding carboxylic acids is 2.